The lowest BCUT2D eigenvalue weighted by atomic mass is 10.0. The van der Waals surface area contributed by atoms with Crippen LogP contribution in [-0.2, 0) is 31.9 Å². The van der Waals surface area contributed by atoms with E-state index < -0.39 is 11.2 Å². The smallest absolute Gasteiger partial charge is 0.324 e. The van der Waals surface area contributed by atoms with Crippen molar-refractivity contribution in [2.24, 2.45) is 14.1 Å². The van der Waals surface area contributed by atoms with Crippen molar-refractivity contribution in [3.8, 4) is 11.1 Å². The van der Waals surface area contributed by atoms with E-state index in [0.29, 0.717) is 24.1 Å². The Bertz CT molecular complexity index is 1290. The van der Waals surface area contributed by atoms with E-state index in [-0.39, 0.29) is 12.2 Å². The predicted octanol–water partition coefficient (Wildman–Crippen LogP) is 2.36. The van der Waals surface area contributed by atoms with Crippen molar-refractivity contribution in [1.82, 2.24) is 18.7 Å². The van der Waals surface area contributed by atoms with Gasteiger partial charge in [0, 0.05) is 33.5 Å². The third-order valence-corrected chi connectivity index (χ3v) is 5.74. The minimum Gasteiger partial charge on any atom is -0.324 e. The van der Waals surface area contributed by atoms with E-state index in [1.165, 1.54) is 23.5 Å². The van der Waals surface area contributed by atoms with Crippen LogP contribution in [0.5, 0.6) is 0 Å². The van der Waals surface area contributed by atoms with E-state index in [2.05, 4.69) is 16.4 Å². The summed E-state index contributed by atoms with van der Waals surface area (Å²) in [6.45, 7) is 0.343. The number of rotatable bonds is 6. The fourth-order valence-corrected chi connectivity index (χ4v) is 4.04. The molecule has 0 aliphatic carbocycles. The Morgan fingerprint density at radius 3 is 2.48 bits per heavy atom. The number of ketones is 1. The Morgan fingerprint density at radius 1 is 1.03 bits per heavy atom. The number of hydrogen-bond acceptors (Lipinski definition) is 5. The maximum Gasteiger partial charge on any atom is 0.332 e. The molecule has 0 amide bonds. The molecule has 0 unspecified atom stereocenters. The minimum absolute atomic E-state index is 0.0803. The lowest BCUT2D eigenvalue weighted by molar-refractivity contribution is -0.118. The Labute approximate surface area is 170 Å². The summed E-state index contributed by atoms with van der Waals surface area (Å²) in [5.41, 5.74) is 3.11. The largest absolute Gasteiger partial charge is 0.332 e. The summed E-state index contributed by atoms with van der Waals surface area (Å²) in [5.74, 6) is 0.0803. The normalized spacial score (nSPS) is 11.2. The molecule has 0 bridgehead atoms. The zero-order valence-electron chi connectivity index (χ0n) is 16.2. The fourth-order valence-electron chi connectivity index (χ4n) is 3.37. The average molecular weight is 408 g/mol. The zero-order chi connectivity index (χ0) is 20.5. The van der Waals surface area contributed by atoms with Gasteiger partial charge < -0.3 is 4.57 Å². The van der Waals surface area contributed by atoms with Crippen LogP contribution in [0, 0.1) is 0 Å². The van der Waals surface area contributed by atoms with Gasteiger partial charge >= 0.3 is 5.69 Å². The molecule has 0 N–H and O–H groups in total. The van der Waals surface area contributed by atoms with Gasteiger partial charge in [-0.05, 0) is 33.5 Å². The van der Waals surface area contributed by atoms with Crippen LogP contribution in [0.15, 0.2) is 57.0 Å². The number of fused-ring (bicyclic) bond motifs is 1. The summed E-state index contributed by atoms with van der Waals surface area (Å²) in [6, 6.07) is 10.1. The molecule has 3 heterocycles. The molecular formula is C21H20N4O3S. The van der Waals surface area contributed by atoms with Crippen molar-refractivity contribution in [1.29, 1.82) is 0 Å². The van der Waals surface area contributed by atoms with E-state index in [4.69, 9.17) is 0 Å². The molecule has 3 aromatic heterocycles. The fraction of sp³-hybridized carbons (Fsp3) is 0.238. The van der Waals surface area contributed by atoms with E-state index in [1.807, 2.05) is 29.6 Å². The second kappa shape index (κ2) is 7.63. The first-order valence-electron chi connectivity index (χ1n) is 9.20. The SMILES string of the molecule is Cn1c(=O)c2c(ncn2CCC(=O)Cc2ccc(-c3ccsc3)cc2)n(C)c1=O. The van der Waals surface area contributed by atoms with Crippen LogP contribution in [0.4, 0.5) is 0 Å². The van der Waals surface area contributed by atoms with Gasteiger partial charge in [-0.3, -0.25) is 18.7 Å². The third kappa shape index (κ3) is 3.58. The third-order valence-electron chi connectivity index (χ3n) is 5.06. The van der Waals surface area contributed by atoms with Gasteiger partial charge in [-0.2, -0.15) is 11.3 Å². The van der Waals surface area contributed by atoms with Crippen LogP contribution in [-0.4, -0.2) is 24.5 Å². The Balaban J connectivity index is 1.46. The molecular weight excluding hydrogens is 388 g/mol. The highest BCUT2D eigenvalue weighted by atomic mass is 32.1. The average Bonchev–Trinajstić information content (AvgIpc) is 3.40. The van der Waals surface area contributed by atoms with Crippen molar-refractivity contribution < 1.29 is 4.79 Å². The van der Waals surface area contributed by atoms with E-state index in [9.17, 15) is 14.4 Å². The zero-order valence-corrected chi connectivity index (χ0v) is 17.0. The molecule has 0 fully saturated rings. The maximum absolute atomic E-state index is 12.5. The molecule has 148 valence electrons. The molecule has 0 saturated heterocycles. The molecule has 4 aromatic rings. The van der Waals surface area contributed by atoms with Gasteiger partial charge in [0.2, 0.25) is 0 Å². The molecule has 0 radical (unpaired) electrons. The van der Waals surface area contributed by atoms with Gasteiger partial charge in [0.15, 0.2) is 11.2 Å². The highest BCUT2D eigenvalue weighted by Crippen LogP contribution is 2.22. The molecule has 0 aliphatic heterocycles. The quantitative estimate of drug-likeness (QED) is 0.491. The van der Waals surface area contributed by atoms with Crippen molar-refractivity contribution in [3.05, 3.63) is 73.8 Å². The number of aryl methyl sites for hydroxylation is 2. The molecule has 29 heavy (non-hydrogen) atoms. The number of thiophene rings is 1. The summed E-state index contributed by atoms with van der Waals surface area (Å²) in [5, 5.41) is 4.13. The first-order valence-corrected chi connectivity index (χ1v) is 10.1. The number of Topliss-reactive ketones (excluding diaryl/α,β-unsaturated/α-hetero) is 1. The number of benzene rings is 1. The second-order valence-corrected chi connectivity index (χ2v) is 7.77. The van der Waals surface area contributed by atoms with Crippen LogP contribution in [0.2, 0.25) is 0 Å². The van der Waals surface area contributed by atoms with Gasteiger partial charge in [0.25, 0.3) is 5.56 Å². The molecule has 4 rings (SSSR count). The highest BCUT2D eigenvalue weighted by Gasteiger charge is 2.15. The maximum atomic E-state index is 12.5. The lowest BCUT2D eigenvalue weighted by Gasteiger charge is -2.07. The Hall–Kier alpha value is -3.26. The summed E-state index contributed by atoms with van der Waals surface area (Å²) in [4.78, 5) is 41.1. The first-order chi connectivity index (χ1) is 14.0. The topological polar surface area (TPSA) is 78.9 Å². The standard InChI is InChI=1S/C21H20N4O3S/c1-23-19-18(20(27)24(2)21(23)28)25(13-22-19)9-7-17(26)11-14-3-5-15(6-4-14)16-8-10-29-12-16/h3-6,8,10,12-13H,7,9,11H2,1-2H3. The van der Waals surface area contributed by atoms with Crippen LogP contribution in [0.1, 0.15) is 12.0 Å². The summed E-state index contributed by atoms with van der Waals surface area (Å²) in [6.07, 6.45) is 2.13. The van der Waals surface area contributed by atoms with Gasteiger partial charge in [0.05, 0.1) is 6.33 Å². The lowest BCUT2D eigenvalue weighted by Crippen LogP contribution is -2.37. The predicted molar refractivity (Wildman–Crippen MR) is 113 cm³/mol. The van der Waals surface area contributed by atoms with E-state index in [0.717, 1.165) is 15.7 Å². The summed E-state index contributed by atoms with van der Waals surface area (Å²) >= 11 is 1.65. The van der Waals surface area contributed by atoms with Crippen LogP contribution in [0.3, 0.4) is 0 Å². The number of carbonyl (C=O) groups excluding carboxylic acids is 1. The van der Waals surface area contributed by atoms with Crippen LogP contribution in [0.25, 0.3) is 22.3 Å². The molecule has 8 heteroatoms. The minimum atomic E-state index is -0.422. The van der Waals surface area contributed by atoms with Gasteiger partial charge in [-0.1, -0.05) is 24.3 Å². The number of hydrogen-bond donors (Lipinski definition) is 0. The molecule has 1 aromatic carbocycles. The number of aromatic nitrogens is 4. The molecule has 0 atom stereocenters. The van der Waals surface area contributed by atoms with Gasteiger partial charge in [-0.15, -0.1) is 0 Å². The van der Waals surface area contributed by atoms with Crippen LogP contribution >= 0.6 is 11.3 Å². The second-order valence-electron chi connectivity index (χ2n) is 6.99. The Kier molecular flexibility index (Phi) is 5.02. The van der Waals surface area contributed by atoms with Crippen LogP contribution < -0.4 is 11.2 Å². The number of nitrogens with zero attached hydrogens (tertiary/aromatic N) is 4. The monoisotopic (exact) mass is 408 g/mol. The van der Waals surface area contributed by atoms with Gasteiger partial charge in [0.1, 0.15) is 5.78 Å². The van der Waals surface area contributed by atoms with Crippen molar-refractivity contribution in [2.75, 3.05) is 0 Å². The molecule has 7 nitrogen and oxygen atoms in total. The highest BCUT2D eigenvalue weighted by molar-refractivity contribution is 7.08. The Morgan fingerprint density at radius 2 is 1.79 bits per heavy atom. The molecule has 0 saturated carbocycles. The van der Waals surface area contributed by atoms with Crippen molar-refractivity contribution in [3.63, 3.8) is 0 Å². The molecule has 0 aliphatic rings. The number of imidazole rings is 1. The van der Waals surface area contributed by atoms with Crippen molar-refractivity contribution in [2.45, 2.75) is 19.4 Å². The van der Waals surface area contributed by atoms with E-state index in [1.54, 1.807) is 23.0 Å². The first kappa shape index (κ1) is 19.1. The number of carbonyl (C=O) groups is 1. The summed E-state index contributed by atoms with van der Waals surface area (Å²) < 4.78 is 4.04. The summed E-state index contributed by atoms with van der Waals surface area (Å²) in [7, 11) is 3.01. The van der Waals surface area contributed by atoms with Crippen molar-refractivity contribution >= 4 is 28.3 Å². The van der Waals surface area contributed by atoms with E-state index >= 15 is 0 Å². The van der Waals surface area contributed by atoms with Gasteiger partial charge in [-0.25, -0.2) is 9.78 Å². The molecule has 0 spiro atoms.